The number of piperidine rings is 1. The molecule has 34 heavy (non-hydrogen) atoms. The van der Waals surface area contributed by atoms with Gasteiger partial charge >= 0.3 is 0 Å². The van der Waals surface area contributed by atoms with Crippen LogP contribution in [0.4, 0.5) is 4.39 Å². The Balaban J connectivity index is 0.00000274. The van der Waals surface area contributed by atoms with Gasteiger partial charge in [0.25, 0.3) is 5.91 Å². The summed E-state index contributed by atoms with van der Waals surface area (Å²) >= 11 is 8.22. The van der Waals surface area contributed by atoms with E-state index in [4.69, 9.17) is 16.3 Å². The number of nitrogens with zero attached hydrogens (tertiary/aromatic N) is 3. The molecule has 1 fully saturated rings. The maximum atomic E-state index is 15.0. The number of hydrogen-bond acceptors (Lipinski definition) is 4. The summed E-state index contributed by atoms with van der Waals surface area (Å²) in [6.07, 6.45) is 3.22. The van der Waals surface area contributed by atoms with E-state index in [1.54, 1.807) is 12.1 Å². The van der Waals surface area contributed by atoms with Gasteiger partial charge in [0.05, 0.1) is 11.3 Å². The van der Waals surface area contributed by atoms with Gasteiger partial charge in [0.1, 0.15) is 22.9 Å². The molecule has 5 rings (SSSR count). The molecule has 3 heterocycles. The number of ether oxygens (including phenoxy) is 1. The van der Waals surface area contributed by atoms with Crippen molar-refractivity contribution >= 4 is 52.5 Å². The molecular formula is C24H24Cl2FIN4O2. The second kappa shape index (κ2) is 9.64. The molecule has 2 aliphatic heterocycles. The number of hydrogen-bond donors (Lipinski definition) is 1. The lowest BCUT2D eigenvalue weighted by molar-refractivity contribution is 0.0720. The predicted octanol–water partition coefficient (Wildman–Crippen LogP) is 6.12. The highest BCUT2D eigenvalue weighted by Crippen LogP contribution is 2.48. The molecule has 0 bridgehead atoms. The maximum Gasteiger partial charge on any atom is 0.286 e. The van der Waals surface area contributed by atoms with Crippen LogP contribution in [-0.4, -0.2) is 33.8 Å². The number of amides is 1. The Morgan fingerprint density at radius 2 is 1.91 bits per heavy atom. The van der Waals surface area contributed by atoms with Crippen LogP contribution in [0.2, 0.25) is 5.02 Å². The molecule has 0 atom stereocenters. The van der Waals surface area contributed by atoms with Crippen LogP contribution in [-0.2, 0) is 5.60 Å². The minimum Gasteiger partial charge on any atom is -0.482 e. The summed E-state index contributed by atoms with van der Waals surface area (Å²) in [5, 5.41) is 6.86. The molecule has 0 unspecified atom stereocenters. The van der Waals surface area contributed by atoms with E-state index in [0.717, 1.165) is 41.5 Å². The van der Waals surface area contributed by atoms with Gasteiger partial charge in [-0.05, 0) is 85.7 Å². The molecule has 0 saturated carbocycles. The van der Waals surface area contributed by atoms with Crippen LogP contribution < -0.4 is 10.2 Å². The third kappa shape index (κ3) is 4.53. The Labute approximate surface area is 222 Å². The minimum atomic E-state index is -0.859. The lowest BCUT2D eigenvalue weighted by Crippen LogP contribution is -2.46. The Kier molecular flexibility index (Phi) is 7.15. The molecule has 1 aromatic heterocycles. The molecule has 1 saturated heterocycles. The first kappa shape index (κ1) is 25.2. The standard InChI is InChI=1S/C24H23ClFIN4O2.ClH/c1-24(2)20-21(23(32)29-30-10-4-3-5-11-30)28-31(18-9-6-14(25)12-17(18)26)22(20)16-8-7-15(27)13-19(16)33-24;/h6-9,12-13H,3-5,10-11H2,1-2H3,(H,29,32);1H. The van der Waals surface area contributed by atoms with Crippen LogP contribution in [0, 0.1) is 9.39 Å². The number of aromatic nitrogens is 2. The number of carbonyl (C=O) groups excluding carboxylic acids is 1. The highest BCUT2D eigenvalue weighted by Gasteiger charge is 2.41. The average molecular weight is 617 g/mol. The molecule has 1 N–H and O–H groups in total. The molecule has 0 spiro atoms. The molecule has 2 aromatic carbocycles. The van der Waals surface area contributed by atoms with Crippen molar-refractivity contribution < 1.29 is 13.9 Å². The fourth-order valence-electron chi connectivity index (χ4n) is 4.53. The molecular weight excluding hydrogens is 593 g/mol. The molecule has 0 radical (unpaired) electrons. The van der Waals surface area contributed by atoms with Crippen LogP contribution in [0.25, 0.3) is 16.9 Å². The zero-order valence-electron chi connectivity index (χ0n) is 18.7. The van der Waals surface area contributed by atoms with E-state index in [2.05, 4.69) is 33.1 Å². The Bertz CT molecular complexity index is 1260. The van der Waals surface area contributed by atoms with Gasteiger partial charge in [-0.1, -0.05) is 18.0 Å². The summed E-state index contributed by atoms with van der Waals surface area (Å²) in [7, 11) is 0. The highest BCUT2D eigenvalue weighted by molar-refractivity contribution is 14.1. The van der Waals surface area contributed by atoms with Crippen LogP contribution >= 0.6 is 46.6 Å². The number of halogens is 4. The van der Waals surface area contributed by atoms with Crippen molar-refractivity contribution in [3.05, 3.63) is 62.1 Å². The quantitative estimate of drug-likeness (QED) is 0.361. The van der Waals surface area contributed by atoms with E-state index in [-0.39, 0.29) is 29.7 Å². The normalized spacial score (nSPS) is 16.6. The molecule has 10 heteroatoms. The summed E-state index contributed by atoms with van der Waals surface area (Å²) in [5.74, 6) is -0.183. The number of carbonyl (C=O) groups is 1. The third-order valence-corrected chi connectivity index (χ3v) is 6.93. The number of rotatable bonds is 3. The van der Waals surface area contributed by atoms with Crippen LogP contribution in [0.1, 0.15) is 49.2 Å². The van der Waals surface area contributed by atoms with Gasteiger partial charge in [-0.25, -0.2) is 14.1 Å². The first-order valence-corrected chi connectivity index (χ1v) is 12.3. The van der Waals surface area contributed by atoms with Gasteiger partial charge in [0.2, 0.25) is 0 Å². The number of benzene rings is 2. The second-order valence-corrected chi connectivity index (χ2v) is 10.5. The van der Waals surface area contributed by atoms with Gasteiger partial charge in [-0.15, -0.1) is 12.4 Å². The van der Waals surface area contributed by atoms with Crippen molar-refractivity contribution in [3.8, 4) is 22.7 Å². The van der Waals surface area contributed by atoms with Crippen molar-refractivity contribution in [2.45, 2.75) is 38.7 Å². The van der Waals surface area contributed by atoms with E-state index in [1.807, 2.05) is 37.1 Å². The number of nitrogens with one attached hydrogen (secondary N) is 1. The van der Waals surface area contributed by atoms with Crippen molar-refractivity contribution in [2.24, 2.45) is 0 Å². The van der Waals surface area contributed by atoms with E-state index < -0.39 is 11.4 Å². The van der Waals surface area contributed by atoms with E-state index >= 15 is 4.39 Å². The predicted molar refractivity (Wildman–Crippen MR) is 140 cm³/mol. The van der Waals surface area contributed by atoms with E-state index in [0.29, 0.717) is 22.0 Å². The molecule has 2 aliphatic rings. The van der Waals surface area contributed by atoms with Crippen LogP contribution in [0.3, 0.4) is 0 Å². The maximum absolute atomic E-state index is 15.0. The van der Waals surface area contributed by atoms with Crippen molar-refractivity contribution in [3.63, 3.8) is 0 Å². The largest absolute Gasteiger partial charge is 0.482 e. The summed E-state index contributed by atoms with van der Waals surface area (Å²) in [6, 6.07) is 10.2. The zero-order valence-corrected chi connectivity index (χ0v) is 22.4. The van der Waals surface area contributed by atoms with Crippen LogP contribution in [0.5, 0.6) is 5.75 Å². The molecule has 1 amide bonds. The van der Waals surface area contributed by atoms with Crippen molar-refractivity contribution in [2.75, 3.05) is 13.1 Å². The third-order valence-electron chi connectivity index (χ3n) is 6.02. The monoisotopic (exact) mass is 616 g/mol. The van der Waals surface area contributed by atoms with Gasteiger partial charge in [-0.3, -0.25) is 10.2 Å². The molecule has 6 nitrogen and oxygen atoms in total. The summed E-state index contributed by atoms with van der Waals surface area (Å²) in [5.41, 5.74) is 4.59. The van der Waals surface area contributed by atoms with E-state index in [1.165, 1.54) is 10.7 Å². The lowest BCUT2D eigenvalue weighted by Gasteiger charge is -2.34. The van der Waals surface area contributed by atoms with Crippen molar-refractivity contribution in [1.29, 1.82) is 0 Å². The molecule has 0 aliphatic carbocycles. The van der Waals surface area contributed by atoms with Gasteiger partial charge in [0, 0.05) is 27.2 Å². The molecule has 3 aromatic rings. The van der Waals surface area contributed by atoms with Crippen LogP contribution in [0.15, 0.2) is 36.4 Å². The summed E-state index contributed by atoms with van der Waals surface area (Å²) in [6.45, 7) is 5.39. The number of hydrazine groups is 1. The number of fused-ring (bicyclic) bond motifs is 3. The van der Waals surface area contributed by atoms with E-state index in [9.17, 15) is 4.79 Å². The lowest BCUT2D eigenvalue weighted by atomic mass is 9.89. The Morgan fingerprint density at radius 3 is 2.62 bits per heavy atom. The zero-order chi connectivity index (χ0) is 23.3. The summed E-state index contributed by atoms with van der Waals surface area (Å²) in [4.78, 5) is 13.4. The minimum absolute atomic E-state index is 0. The second-order valence-electron chi connectivity index (χ2n) is 8.82. The Hall–Kier alpha value is -1.88. The van der Waals surface area contributed by atoms with Gasteiger partial charge in [0.15, 0.2) is 5.69 Å². The Morgan fingerprint density at radius 1 is 1.18 bits per heavy atom. The highest BCUT2D eigenvalue weighted by atomic mass is 127. The smallest absolute Gasteiger partial charge is 0.286 e. The first-order chi connectivity index (χ1) is 15.7. The van der Waals surface area contributed by atoms with Gasteiger partial charge < -0.3 is 4.74 Å². The summed E-state index contributed by atoms with van der Waals surface area (Å²) < 4.78 is 23.9. The fraction of sp³-hybridized carbons (Fsp3) is 0.333. The fourth-order valence-corrected chi connectivity index (χ4v) is 5.15. The van der Waals surface area contributed by atoms with Crippen molar-refractivity contribution in [1.82, 2.24) is 20.2 Å². The molecule has 180 valence electrons. The SMILES string of the molecule is CC1(C)Oc2cc(I)ccc2-c2c1c(C(=O)NN1CCCCC1)nn2-c1ccc(Cl)cc1F.Cl. The van der Waals surface area contributed by atoms with Gasteiger partial charge in [-0.2, -0.15) is 5.10 Å². The topological polar surface area (TPSA) is 59.4 Å². The first-order valence-electron chi connectivity index (χ1n) is 10.9. The average Bonchev–Trinajstić information content (AvgIpc) is 3.16.